The lowest BCUT2D eigenvalue weighted by molar-refractivity contribution is -0.385. The molecule has 0 aliphatic carbocycles. The third kappa shape index (κ3) is 6.03. The van der Waals surface area contributed by atoms with Gasteiger partial charge < -0.3 is 15.0 Å². The van der Waals surface area contributed by atoms with Gasteiger partial charge in [0, 0.05) is 23.6 Å². The zero-order chi connectivity index (χ0) is 19.8. The molecule has 1 heterocycles. The van der Waals surface area contributed by atoms with Gasteiger partial charge in [-0.2, -0.15) is 0 Å². The molecule has 1 aromatic heterocycles. The minimum absolute atomic E-state index is 0.171. The van der Waals surface area contributed by atoms with E-state index in [1.807, 2.05) is 17.5 Å². The summed E-state index contributed by atoms with van der Waals surface area (Å²) in [5, 5.41) is 15.5. The molecule has 2 aromatic rings. The molecule has 2 amide bonds. The van der Waals surface area contributed by atoms with E-state index in [0.717, 1.165) is 23.1 Å². The van der Waals surface area contributed by atoms with Crippen LogP contribution < -0.4 is 10.1 Å². The van der Waals surface area contributed by atoms with Crippen molar-refractivity contribution < 1.29 is 23.6 Å². The Hall–Kier alpha value is -3.01. The molecule has 27 heavy (non-hydrogen) atoms. The van der Waals surface area contributed by atoms with E-state index in [1.165, 1.54) is 16.2 Å². The van der Waals surface area contributed by atoms with Gasteiger partial charge in [0.05, 0.1) is 18.0 Å². The van der Waals surface area contributed by atoms with Crippen molar-refractivity contribution in [3.8, 4) is 5.75 Å². The molecular weight excluding hydrogens is 377 g/mol. The minimum atomic E-state index is -0.727. The molecule has 1 aromatic carbocycles. The summed E-state index contributed by atoms with van der Waals surface area (Å²) in [4.78, 5) is 36.7. The van der Waals surface area contributed by atoms with Crippen LogP contribution in [0.4, 0.5) is 10.1 Å². The van der Waals surface area contributed by atoms with Gasteiger partial charge in [0.1, 0.15) is 5.82 Å². The third-order valence-corrected chi connectivity index (χ3v) is 4.45. The lowest BCUT2D eigenvalue weighted by Gasteiger charge is -2.20. The van der Waals surface area contributed by atoms with Crippen LogP contribution in [0, 0.1) is 15.9 Å². The molecule has 0 radical (unpaired) electrons. The quantitative estimate of drug-likeness (QED) is 0.519. The Morgan fingerprint density at radius 2 is 2.15 bits per heavy atom. The number of nitro groups is 1. The fourth-order valence-corrected chi connectivity index (χ4v) is 2.83. The Balaban J connectivity index is 1.90. The number of hydrogen-bond acceptors (Lipinski definition) is 6. The maximum Gasteiger partial charge on any atom is 0.311 e. The number of thiophene rings is 1. The van der Waals surface area contributed by atoms with E-state index in [2.05, 4.69) is 5.32 Å². The van der Waals surface area contributed by atoms with Gasteiger partial charge in [-0.3, -0.25) is 19.7 Å². The van der Waals surface area contributed by atoms with Crippen molar-refractivity contribution in [3.63, 3.8) is 0 Å². The van der Waals surface area contributed by atoms with Crippen molar-refractivity contribution >= 4 is 28.8 Å². The summed E-state index contributed by atoms with van der Waals surface area (Å²) in [5.41, 5.74) is -0.444. The van der Waals surface area contributed by atoms with Crippen LogP contribution in [0.3, 0.4) is 0 Å². The van der Waals surface area contributed by atoms with Gasteiger partial charge >= 0.3 is 5.69 Å². The van der Waals surface area contributed by atoms with Crippen LogP contribution in [0.5, 0.6) is 5.75 Å². The molecule has 0 saturated carbocycles. The second-order valence-corrected chi connectivity index (χ2v) is 6.45. The van der Waals surface area contributed by atoms with Gasteiger partial charge in [0.2, 0.25) is 11.7 Å². The summed E-state index contributed by atoms with van der Waals surface area (Å²) in [6.45, 7) is 1.59. The molecule has 0 aliphatic rings. The van der Waals surface area contributed by atoms with Crippen molar-refractivity contribution in [2.75, 3.05) is 19.7 Å². The first-order valence-corrected chi connectivity index (χ1v) is 8.92. The predicted molar refractivity (Wildman–Crippen MR) is 97.0 cm³/mol. The molecule has 0 aliphatic heterocycles. The first kappa shape index (κ1) is 20.3. The SMILES string of the molecule is CCN(CC(=O)NCc1cccs1)C(=O)COc1cc(F)ccc1[N+](=O)[O-]. The number of likely N-dealkylation sites (N-methyl/N-ethyl adjacent to an activating group) is 1. The van der Waals surface area contributed by atoms with E-state index in [4.69, 9.17) is 4.74 Å². The van der Waals surface area contributed by atoms with E-state index < -0.39 is 28.9 Å². The van der Waals surface area contributed by atoms with Crippen LogP contribution in [0.25, 0.3) is 0 Å². The van der Waals surface area contributed by atoms with E-state index in [-0.39, 0.29) is 24.7 Å². The van der Waals surface area contributed by atoms with Crippen LogP contribution in [0.2, 0.25) is 0 Å². The average molecular weight is 395 g/mol. The Labute approximate surface area is 158 Å². The molecule has 0 saturated heterocycles. The molecule has 0 atom stereocenters. The highest BCUT2D eigenvalue weighted by molar-refractivity contribution is 7.09. The standard InChI is InChI=1S/C17H18FN3O5S/c1-2-20(10-16(22)19-9-13-4-3-7-27-13)17(23)11-26-15-8-12(18)5-6-14(15)21(24)25/h3-8H,2,9-11H2,1H3,(H,19,22). The largest absolute Gasteiger partial charge is 0.477 e. The number of rotatable bonds is 9. The molecule has 0 unspecified atom stereocenters. The van der Waals surface area contributed by atoms with E-state index in [9.17, 15) is 24.1 Å². The van der Waals surface area contributed by atoms with Gasteiger partial charge in [-0.05, 0) is 24.4 Å². The van der Waals surface area contributed by atoms with Crippen LogP contribution in [-0.2, 0) is 16.1 Å². The van der Waals surface area contributed by atoms with Gasteiger partial charge in [-0.1, -0.05) is 6.07 Å². The lowest BCUT2D eigenvalue weighted by Crippen LogP contribution is -2.42. The van der Waals surface area contributed by atoms with Gasteiger partial charge in [-0.15, -0.1) is 11.3 Å². The zero-order valence-corrected chi connectivity index (χ0v) is 15.3. The summed E-state index contributed by atoms with van der Waals surface area (Å²) >= 11 is 1.51. The third-order valence-electron chi connectivity index (χ3n) is 3.58. The Morgan fingerprint density at radius 1 is 1.37 bits per heavy atom. The highest BCUT2D eigenvalue weighted by Gasteiger charge is 2.20. The number of nitrogens with one attached hydrogen (secondary N) is 1. The Bertz CT molecular complexity index is 813. The molecular formula is C17H18FN3O5S. The molecule has 0 bridgehead atoms. The fraction of sp³-hybridized carbons (Fsp3) is 0.294. The molecule has 8 nitrogen and oxygen atoms in total. The normalized spacial score (nSPS) is 10.3. The van der Waals surface area contributed by atoms with Crippen LogP contribution in [-0.4, -0.2) is 41.3 Å². The number of hydrogen-bond donors (Lipinski definition) is 1. The first-order valence-electron chi connectivity index (χ1n) is 8.04. The first-order chi connectivity index (χ1) is 12.9. The van der Waals surface area contributed by atoms with Crippen LogP contribution >= 0.6 is 11.3 Å². The van der Waals surface area contributed by atoms with Crippen LogP contribution in [0.1, 0.15) is 11.8 Å². The Morgan fingerprint density at radius 3 is 2.78 bits per heavy atom. The monoisotopic (exact) mass is 395 g/mol. The van der Waals surface area contributed by atoms with E-state index in [0.29, 0.717) is 6.54 Å². The van der Waals surface area contributed by atoms with E-state index in [1.54, 1.807) is 6.92 Å². The van der Waals surface area contributed by atoms with Crippen molar-refractivity contribution in [1.82, 2.24) is 10.2 Å². The Kier molecular flexibility index (Phi) is 7.24. The van der Waals surface area contributed by atoms with Crippen molar-refractivity contribution in [2.45, 2.75) is 13.5 Å². The van der Waals surface area contributed by atoms with Crippen molar-refractivity contribution in [1.29, 1.82) is 0 Å². The number of halogens is 1. The highest BCUT2D eigenvalue weighted by atomic mass is 32.1. The molecule has 144 valence electrons. The van der Waals surface area contributed by atoms with Gasteiger partial charge in [-0.25, -0.2) is 4.39 Å². The molecule has 0 fully saturated rings. The highest BCUT2D eigenvalue weighted by Crippen LogP contribution is 2.27. The maximum absolute atomic E-state index is 13.3. The number of carbonyl (C=O) groups excluding carboxylic acids is 2. The zero-order valence-electron chi connectivity index (χ0n) is 14.5. The summed E-state index contributed by atoms with van der Waals surface area (Å²) in [6, 6.07) is 6.49. The van der Waals surface area contributed by atoms with Gasteiger partial charge in [0.15, 0.2) is 6.61 Å². The number of carbonyl (C=O) groups is 2. The van der Waals surface area contributed by atoms with Crippen molar-refractivity contribution in [2.24, 2.45) is 0 Å². The lowest BCUT2D eigenvalue weighted by atomic mass is 10.3. The van der Waals surface area contributed by atoms with Crippen molar-refractivity contribution in [3.05, 3.63) is 56.5 Å². The molecule has 2 rings (SSSR count). The smallest absolute Gasteiger partial charge is 0.311 e. The number of nitrogens with zero attached hydrogens (tertiary/aromatic N) is 2. The number of amides is 2. The number of benzene rings is 1. The fourth-order valence-electron chi connectivity index (χ4n) is 2.19. The number of nitro benzene ring substituents is 1. The van der Waals surface area contributed by atoms with E-state index >= 15 is 0 Å². The second-order valence-electron chi connectivity index (χ2n) is 5.42. The molecule has 0 spiro atoms. The predicted octanol–water partition coefficient (Wildman–Crippen LogP) is 2.34. The summed E-state index contributed by atoms with van der Waals surface area (Å²) in [5.74, 6) is -1.94. The molecule has 1 N–H and O–H groups in total. The second kappa shape index (κ2) is 9.62. The maximum atomic E-state index is 13.3. The summed E-state index contributed by atoms with van der Waals surface area (Å²) in [6.07, 6.45) is 0. The van der Waals surface area contributed by atoms with Crippen LogP contribution in [0.15, 0.2) is 35.7 Å². The van der Waals surface area contributed by atoms with Gasteiger partial charge in [0.25, 0.3) is 5.91 Å². The average Bonchev–Trinajstić information content (AvgIpc) is 3.15. The number of ether oxygens (including phenoxy) is 1. The minimum Gasteiger partial charge on any atom is -0.477 e. The molecule has 10 heteroatoms. The summed E-state index contributed by atoms with van der Waals surface area (Å²) in [7, 11) is 0. The topological polar surface area (TPSA) is 102 Å². The summed E-state index contributed by atoms with van der Waals surface area (Å²) < 4.78 is 18.4.